The highest BCUT2D eigenvalue weighted by Gasteiger charge is 2.18. The molecule has 0 spiro atoms. The van der Waals surface area contributed by atoms with Crippen LogP contribution in [0, 0.1) is 0 Å². The lowest BCUT2D eigenvalue weighted by atomic mass is 10.3. The van der Waals surface area contributed by atoms with Crippen LogP contribution in [0.2, 0.25) is 0 Å². The molecule has 112 valence electrons. The molecule has 0 saturated heterocycles. The zero-order valence-electron chi connectivity index (χ0n) is 11.7. The smallest absolute Gasteiger partial charge is 0.244 e. The Balaban J connectivity index is 2.18. The summed E-state index contributed by atoms with van der Waals surface area (Å²) in [5, 5.41) is 2.76. The molecule has 2 N–H and O–H groups in total. The van der Waals surface area contributed by atoms with Gasteiger partial charge in [-0.15, -0.1) is 0 Å². The van der Waals surface area contributed by atoms with Crippen LogP contribution in [0.4, 0.5) is 5.82 Å². The minimum Gasteiger partial charge on any atom is -0.481 e. The first-order valence-electron chi connectivity index (χ1n) is 6.18. The number of hydrogen-bond donors (Lipinski definition) is 2. The lowest BCUT2D eigenvalue weighted by Gasteiger charge is -2.10. The lowest BCUT2D eigenvalue weighted by molar-refractivity contribution is 0.397. The molecule has 0 fully saturated rings. The van der Waals surface area contributed by atoms with Gasteiger partial charge in [-0.1, -0.05) is 0 Å². The number of anilines is 1. The Morgan fingerprint density at radius 3 is 2.76 bits per heavy atom. The first kappa shape index (κ1) is 15.2. The molecule has 0 radical (unpaired) electrons. The highest BCUT2D eigenvalue weighted by molar-refractivity contribution is 7.89. The van der Waals surface area contributed by atoms with E-state index in [0.29, 0.717) is 11.7 Å². The second-order valence-corrected chi connectivity index (χ2v) is 5.87. The summed E-state index contributed by atoms with van der Waals surface area (Å²) < 4.78 is 32.1. The molecule has 0 aliphatic carbocycles. The number of aromatic nitrogens is 2. The van der Waals surface area contributed by atoms with E-state index in [4.69, 9.17) is 4.74 Å². The zero-order valence-corrected chi connectivity index (χ0v) is 12.5. The number of rotatable bonds is 6. The molecule has 0 aromatic carbocycles. The van der Waals surface area contributed by atoms with Gasteiger partial charge in [-0.05, 0) is 23.8 Å². The van der Waals surface area contributed by atoms with E-state index < -0.39 is 10.0 Å². The van der Waals surface area contributed by atoms with Crippen LogP contribution in [0.25, 0.3) is 0 Å². The maximum atomic E-state index is 12.3. The first-order valence-corrected chi connectivity index (χ1v) is 7.66. The van der Waals surface area contributed by atoms with Crippen molar-refractivity contribution in [3.63, 3.8) is 0 Å². The van der Waals surface area contributed by atoms with Gasteiger partial charge in [0.05, 0.1) is 7.11 Å². The third kappa shape index (κ3) is 3.67. The number of methoxy groups -OCH3 is 1. The van der Waals surface area contributed by atoms with Crippen LogP contribution in [0.5, 0.6) is 5.88 Å². The van der Waals surface area contributed by atoms with E-state index in [1.807, 2.05) is 0 Å². The van der Waals surface area contributed by atoms with Crippen molar-refractivity contribution >= 4 is 15.8 Å². The Morgan fingerprint density at radius 1 is 1.24 bits per heavy atom. The fourth-order valence-corrected chi connectivity index (χ4v) is 2.90. The van der Waals surface area contributed by atoms with E-state index in [1.165, 1.54) is 19.4 Å². The first-order chi connectivity index (χ1) is 10.1. The number of pyridine rings is 2. The molecule has 2 heterocycles. The molecule has 2 aromatic heterocycles. The summed E-state index contributed by atoms with van der Waals surface area (Å²) in [6, 6.07) is 6.46. The predicted molar refractivity (Wildman–Crippen MR) is 78.6 cm³/mol. The van der Waals surface area contributed by atoms with Crippen LogP contribution < -0.4 is 14.8 Å². The van der Waals surface area contributed by atoms with Crippen LogP contribution in [0.15, 0.2) is 41.6 Å². The van der Waals surface area contributed by atoms with Crippen molar-refractivity contribution in [2.75, 3.05) is 19.5 Å². The molecule has 0 aliphatic rings. The van der Waals surface area contributed by atoms with Crippen molar-refractivity contribution in [1.82, 2.24) is 14.7 Å². The Hall–Kier alpha value is -2.19. The average molecular weight is 308 g/mol. The topological polar surface area (TPSA) is 93.2 Å². The van der Waals surface area contributed by atoms with Gasteiger partial charge in [-0.2, -0.15) is 0 Å². The third-order valence-electron chi connectivity index (χ3n) is 2.77. The van der Waals surface area contributed by atoms with Gasteiger partial charge in [0.1, 0.15) is 10.7 Å². The van der Waals surface area contributed by atoms with Crippen molar-refractivity contribution in [3.8, 4) is 5.88 Å². The minimum absolute atomic E-state index is 0.105. The monoisotopic (exact) mass is 308 g/mol. The van der Waals surface area contributed by atoms with Crippen molar-refractivity contribution in [2.24, 2.45) is 0 Å². The summed E-state index contributed by atoms with van der Waals surface area (Å²) in [5.41, 5.74) is 0.750. The molecular formula is C13H16N4O3S. The Morgan fingerprint density at radius 2 is 2.05 bits per heavy atom. The van der Waals surface area contributed by atoms with Gasteiger partial charge >= 0.3 is 0 Å². The van der Waals surface area contributed by atoms with Gasteiger partial charge in [0.15, 0.2) is 0 Å². The van der Waals surface area contributed by atoms with Gasteiger partial charge in [0.2, 0.25) is 15.9 Å². The van der Waals surface area contributed by atoms with E-state index >= 15 is 0 Å². The Bertz CT molecular complexity index is 719. The number of nitrogens with one attached hydrogen (secondary N) is 2. The summed E-state index contributed by atoms with van der Waals surface area (Å²) in [7, 11) is -0.532. The zero-order chi connectivity index (χ0) is 15.3. The van der Waals surface area contributed by atoms with Crippen LogP contribution in [-0.4, -0.2) is 32.5 Å². The molecule has 7 nitrogen and oxygen atoms in total. The summed E-state index contributed by atoms with van der Waals surface area (Å²) in [4.78, 5) is 8.06. The molecular weight excluding hydrogens is 292 g/mol. The van der Waals surface area contributed by atoms with Crippen LogP contribution in [0.1, 0.15) is 5.56 Å². The summed E-state index contributed by atoms with van der Waals surface area (Å²) in [5.74, 6) is 0.737. The number of ether oxygens (including phenoxy) is 1. The molecule has 2 aromatic rings. The second-order valence-electron chi connectivity index (χ2n) is 4.13. The van der Waals surface area contributed by atoms with Crippen molar-refractivity contribution in [2.45, 2.75) is 11.4 Å². The number of sulfonamides is 1. The van der Waals surface area contributed by atoms with Gasteiger partial charge in [0, 0.05) is 32.1 Å². The molecule has 0 unspecified atom stereocenters. The van der Waals surface area contributed by atoms with Crippen LogP contribution in [-0.2, 0) is 16.6 Å². The second kappa shape index (κ2) is 6.51. The fourth-order valence-electron chi connectivity index (χ4n) is 1.72. The Kier molecular flexibility index (Phi) is 4.71. The largest absolute Gasteiger partial charge is 0.481 e. The molecule has 0 atom stereocenters. The number of nitrogens with zero attached hydrogens (tertiary/aromatic N) is 2. The van der Waals surface area contributed by atoms with Crippen molar-refractivity contribution < 1.29 is 13.2 Å². The molecule has 8 heteroatoms. The summed E-state index contributed by atoms with van der Waals surface area (Å²) >= 11 is 0. The average Bonchev–Trinajstić information content (AvgIpc) is 2.53. The molecule has 0 saturated carbocycles. The summed E-state index contributed by atoms with van der Waals surface area (Å²) in [6.45, 7) is 0.138. The molecule has 2 rings (SSSR count). The van der Waals surface area contributed by atoms with Crippen LogP contribution >= 0.6 is 0 Å². The maximum Gasteiger partial charge on any atom is 0.244 e. The Labute approximate surface area is 123 Å². The van der Waals surface area contributed by atoms with Gasteiger partial charge in [-0.3, -0.25) is 0 Å². The van der Waals surface area contributed by atoms with Crippen molar-refractivity contribution in [1.29, 1.82) is 0 Å². The molecule has 0 bridgehead atoms. The van der Waals surface area contributed by atoms with Gasteiger partial charge < -0.3 is 10.1 Å². The van der Waals surface area contributed by atoms with Gasteiger partial charge in [0.25, 0.3) is 0 Å². The van der Waals surface area contributed by atoms with E-state index in [0.717, 1.165) is 5.56 Å². The van der Waals surface area contributed by atoms with E-state index in [-0.39, 0.29) is 11.4 Å². The summed E-state index contributed by atoms with van der Waals surface area (Å²) in [6.07, 6.45) is 3.09. The SMILES string of the molecule is CNc1ncccc1S(=O)(=O)NCc1ccnc(OC)c1. The highest BCUT2D eigenvalue weighted by Crippen LogP contribution is 2.17. The van der Waals surface area contributed by atoms with Gasteiger partial charge in [-0.25, -0.2) is 23.1 Å². The molecule has 0 amide bonds. The van der Waals surface area contributed by atoms with E-state index in [9.17, 15) is 8.42 Å². The highest BCUT2D eigenvalue weighted by atomic mass is 32.2. The quantitative estimate of drug-likeness (QED) is 0.827. The molecule has 21 heavy (non-hydrogen) atoms. The maximum absolute atomic E-state index is 12.3. The van der Waals surface area contributed by atoms with Crippen molar-refractivity contribution in [3.05, 3.63) is 42.2 Å². The predicted octanol–water partition coefficient (Wildman–Crippen LogP) is 1.01. The van der Waals surface area contributed by atoms with Crippen LogP contribution in [0.3, 0.4) is 0 Å². The van der Waals surface area contributed by atoms with E-state index in [1.54, 1.807) is 31.4 Å². The normalized spacial score (nSPS) is 11.1. The van der Waals surface area contributed by atoms with E-state index in [2.05, 4.69) is 20.0 Å². The third-order valence-corrected chi connectivity index (χ3v) is 4.20. The fraction of sp³-hybridized carbons (Fsp3) is 0.231. The number of hydrogen-bond acceptors (Lipinski definition) is 6. The molecule has 0 aliphatic heterocycles. The lowest BCUT2D eigenvalue weighted by Crippen LogP contribution is -2.24. The standard InChI is InChI=1S/C13H16N4O3S/c1-14-13-11(4-3-6-16-13)21(18,19)17-9-10-5-7-15-12(8-10)20-2/h3-8,17H,9H2,1-2H3,(H,14,16). The minimum atomic E-state index is -3.66.